The SMILES string of the molecule is N[C@H](C(=O)N1CCC[C@H](C(=O)O)C1)c1ccccc1. The van der Waals surface area contributed by atoms with Gasteiger partial charge in [0.15, 0.2) is 0 Å². The van der Waals surface area contributed by atoms with Gasteiger partial charge in [0.2, 0.25) is 5.91 Å². The predicted molar refractivity (Wildman–Crippen MR) is 70.3 cm³/mol. The zero-order valence-corrected chi connectivity index (χ0v) is 10.7. The second-order valence-electron chi connectivity index (χ2n) is 4.85. The Hall–Kier alpha value is -1.88. The maximum Gasteiger partial charge on any atom is 0.308 e. The number of hydrogen-bond donors (Lipinski definition) is 2. The first-order valence-corrected chi connectivity index (χ1v) is 6.41. The van der Waals surface area contributed by atoms with Gasteiger partial charge in [-0.3, -0.25) is 9.59 Å². The molecule has 0 spiro atoms. The Kier molecular flexibility index (Phi) is 4.16. The Morgan fingerprint density at radius 2 is 2.00 bits per heavy atom. The molecule has 5 nitrogen and oxygen atoms in total. The molecule has 1 aromatic carbocycles. The molecule has 0 radical (unpaired) electrons. The average molecular weight is 262 g/mol. The van der Waals surface area contributed by atoms with Crippen molar-refractivity contribution in [1.29, 1.82) is 0 Å². The summed E-state index contributed by atoms with van der Waals surface area (Å²) in [5, 5.41) is 9.02. The molecule has 19 heavy (non-hydrogen) atoms. The van der Waals surface area contributed by atoms with Crippen LogP contribution in [0.4, 0.5) is 0 Å². The van der Waals surface area contributed by atoms with Crippen molar-refractivity contribution in [2.75, 3.05) is 13.1 Å². The largest absolute Gasteiger partial charge is 0.481 e. The van der Waals surface area contributed by atoms with Gasteiger partial charge >= 0.3 is 5.97 Å². The van der Waals surface area contributed by atoms with E-state index in [1.54, 1.807) is 17.0 Å². The third kappa shape index (κ3) is 3.12. The van der Waals surface area contributed by atoms with Gasteiger partial charge in [-0.15, -0.1) is 0 Å². The van der Waals surface area contributed by atoms with E-state index in [0.717, 1.165) is 5.56 Å². The lowest BCUT2D eigenvalue weighted by molar-refractivity contribution is -0.146. The monoisotopic (exact) mass is 262 g/mol. The minimum absolute atomic E-state index is 0.197. The van der Waals surface area contributed by atoms with Gasteiger partial charge in [-0.1, -0.05) is 30.3 Å². The van der Waals surface area contributed by atoms with Crippen LogP contribution < -0.4 is 5.73 Å². The van der Waals surface area contributed by atoms with E-state index in [9.17, 15) is 9.59 Å². The lowest BCUT2D eigenvalue weighted by Crippen LogP contribution is -2.46. The summed E-state index contributed by atoms with van der Waals surface area (Å²) >= 11 is 0. The predicted octanol–water partition coefficient (Wildman–Crippen LogP) is 1.01. The van der Waals surface area contributed by atoms with E-state index in [0.29, 0.717) is 19.4 Å². The van der Waals surface area contributed by atoms with E-state index in [-0.39, 0.29) is 12.5 Å². The standard InChI is InChI=1S/C14H18N2O3/c15-12(10-5-2-1-3-6-10)13(17)16-8-4-7-11(9-16)14(18)19/h1-3,5-6,11-12H,4,7-9,15H2,(H,18,19)/t11-,12-/m0/s1. The van der Waals surface area contributed by atoms with Crippen LogP contribution in [0.5, 0.6) is 0 Å². The molecule has 0 aromatic heterocycles. The number of rotatable bonds is 3. The molecular formula is C14H18N2O3. The maximum absolute atomic E-state index is 12.3. The first-order valence-electron chi connectivity index (χ1n) is 6.41. The fourth-order valence-corrected chi connectivity index (χ4v) is 2.38. The maximum atomic E-state index is 12.3. The highest BCUT2D eigenvalue weighted by atomic mass is 16.4. The van der Waals surface area contributed by atoms with Gasteiger partial charge in [0, 0.05) is 13.1 Å². The van der Waals surface area contributed by atoms with E-state index in [2.05, 4.69) is 0 Å². The normalized spacial score (nSPS) is 20.9. The average Bonchev–Trinajstić information content (AvgIpc) is 2.46. The summed E-state index contributed by atoms with van der Waals surface area (Å²) < 4.78 is 0. The molecule has 1 aliphatic heterocycles. The van der Waals surface area contributed by atoms with Crippen molar-refractivity contribution < 1.29 is 14.7 Å². The topological polar surface area (TPSA) is 83.6 Å². The first-order chi connectivity index (χ1) is 9.09. The quantitative estimate of drug-likeness (QED) is 0.851. The number of nitrogens with zero attached hydrogens (tertiary/aromatic N) is 1. The van der Waals surface area contributed by atoms with Gasteiger partial charge in [-0.05, 0) is 18.4 Å². The van der Waals surface area contributed by atoms with Crippen molar-refractivity contribution in [1.82, 2.24) is 4.90 Å². The zero-order chi connectivity index (χ0) is 13.8. The van der Waals surface area contributed by atoms with Crippen molar-refractivity contribution in [3.05, 3.63) is 35.9 Å². The van der Waals surface area contributed by atoms with E-state index < -0.39 is 17.9 Å². The molecule has 3 N–H and O–H groups in total. The molecule has 1 saturated heterocycles. The number of piperidine rings is 1. The zero-order valence-electron chi connectivity index (χ0n) is 10.7. The molecule has 102 valence electrons. The summed E-state index contributed by atoms with van der Waals surface area (Å²) in [6.45, 7) is 0.845. The Morgan fingerprint density at radius 1 is 1.32 bits per heavy atom. The smallest absolute Gasteiger partial charge is 0.308 e. The van der Waals surface area contributed by atoms with Crippen LogP contribution in [0.2, 0.25) is 0 Å². The van der Waals surface area contributed by atoms with Crippen LogP contribution >= 0.6 is 0 Å². The highest BCUT2D eigenvalue weighted by Gasteiger charge is 2.30. The summed E-state index contributed by atoms with van der Waals surface area (Å²) in [5.74, 6) is -1.51. The fraction of sp³-hybridized carbons (Fsp3) is 0.429. The van der Waals surface area contributed by atoms with Gasteiger partial charge in [-0.2, -0.15) is 0 Å². The second kappa shape index (κ2) is 5.84. The lowest BCUT2D eigenvalue weighted by atomic mass is 9.97. The number of benzene rings is 1. The lowest BCUT2D eigenvalue weighted by Gasteiger charge is -2.32. The van der Waals surface area contributed by atoms with Gasteiger partial charge < -0.3 is 15.7 Å². The van der Waals surface area contributed by atoms with Crippen LogP contribution in [0.15, 0.2) is 30.3 Å². The van der Waals surface area contributed by atoms with E-state index >= 15 is 0 Å². The molecule has 1 aliphatic rings. The number of carboxylic acid groups (broad SMARTS) is 1. The van der Waals surface area contributed by atoms with Crippen LogP contribution in [0.3, 0.4) is 0 Å². The van der Waals surface area contributed by atoms with Crippen molar-refractivity contribution in [3.63, 3.8) is 0 Å². The van der Waals surface area contributed by atoms with Crippen molar-refractivity contribution in [2.24, 2.45) is 11.7 Å². The first kappa shape index (κ1) is 13.5. The van der Waals surface area contributed by atoms with Gasteiger partial charge in [-0.25, -0.2) is 0 Å². The van der Waals surface area contributed by atoms with Crippen LogP contribution in [0, 0.1) is 5.92 Å². The molecular weight excluding hydrogens is 244 g/mol. The number of nitrogens with two attached hydrogens (primary N) is 1. The highest BCUT2D eigenvalue weighted by Crippen LogP contribution is 2.20. The molecule has 1 aromatic rings. The highest BCUT2D eigenvalue weighted by molar-refractivity contribution is 5.84. The van der Waals surface area contributed by atoms with Crippen LogP contribution in [-0.2, 0) is 9.59 Å². The van der Waals surface area contributed by atoms with E-state index in [1.807, 2.05) is 18.2 Å². The molecule has 0 unspecified atom stereocenters. The third-order valence-corrected chi connectivity index (χ3v) is 3.51. The molecule has 1 amide bonds. The minimum Gasteiger partial charge on any atom is -0.481 e. The Morgan fingerprint density at radius 3 is 2.63 bits per heavy atom. The molecule has 2 atom stereocenters. The van der Waals surface area contributed by atoms with Crippen LogP contribution in [-0.4, -0.2) is 35.0 Å². The number of hydrogen-bond acceptors (Lipinski definition) is 3. The summed E-state index contributed by atoms with van der Waals surface area (Å²) in [6.07, 6.45) is 1.34. The Balaban J connectivity index is 2.05. The molecule has 1 heterocycles. The van der Waals surface area contributed by atoms with E-state index in [1.165, 1.54) is 0 Å². The molecule has 2 rings (SSSR count). The van der Waals surface area contributed by atoms with Crippen molar-refractivity contribution in [3.8, 4) is 0 Å². The summed E-state index contributed by atoms with van der Waals surface area (Å²) in [7, 11) is 0. The molecule has 0 saturated carbocycles. The number of aliphatic carboxylic acids is 1. The Bertz CT molecular complexity index is 461. The van der Waals surface area contributed by atoms with Gasteiger partial charge in [0.05, 0.1) is 5.92 Å². The van der Waals surface area contributed by atoms with Gasteiger partial charge in [0.1, 0.15) is 6.04 Å². The summed E-state index contributed by atoms with van der Waals surface area (Å²) in [6, 6.07) is 8.43. The molecule has 0 aliphatic carbocycles. The number of carbonyl (C=O) groups is 2. The van der Waals surface area contributed by atoms with Crippen LogP contribution in [0.1, 0.15) is 24.4 Å². The second-order valence-corrected chi connectivity index (χ2v) is 4.85. The number of likely N-dealkylation sites (tertiary alicyclic amines) is 1. The summed E-state index contributed by atoms with van der Waals surface area (Å²) in [4.78, 5) is 24.8. The minimum atomic E-state index is -0.842. The van der Waals surface area contributed by atoms with Crippen LogP contribution in [0.25, 0.3) is 0 Å². The van der Waals surface area contributed by atoms with Gasteiger partial charge in [0.25, 0.3) is 0 Å². The number of carboxylic acids is 1. The molecule has 1 fully saturated rings. The van der Waals surface area contributed by atoms with E-state index in [4.69, 9.17) is 10.8 Å². The van der Waals surface area contributed by atoms with Crippen molar-refractivity contribution in [2.45, 2.75) is 18.9 Å². The molecule has 5 heteroatoms. The molecule has 0 bridgehead atoms. The van der Waals surface area contributed by atoms with Crippen molar-refractivity contribution >= 4 is 11.9 Å². The fourth-order valence-electron chi connectivity index (χ4n) is 2.38. The third-order valence-electron chi connectivity index (χ3n) is 3.51. The number of carbonyl (C=O) groups excluding carboxylic acids is 1. The number of amides is 1. The summed E-state index contributed by atoms with van der Waals surface area (Å²) in [5.41, 5.74) is 6.71. The Labute approximate surface area is 112 Å².